The molecule has 0 amide bonds. The van der Waals surface area contributed by atoms with E-state index in [1.165, 1.54) is 0 Å². The van der Waals surface area contributed by atoms with Crippen molar-refractivity contribution < 1.29 is 9.53 Å². The van der Waals surface area contributed by atoms with Crippen molar-refractivity contribution in [2.24, 2.45) is 11.3 Å². The molecule has 0 radical (unpaired) electrons. The molecule has 90 valence electrons. The number of carbonyl (C=O) groups excluding carboxylic acids is 1. The Morgan fingerprint density at radius 2 is 2.00 bits per heavy atom. The third kappa shape index (κ3) is 8.43. The third-order valence-corrected chi connectivity index (χ3v) is 2.20. The van der Waals surface area contributed by atoms with Gasteiger partial charge in [-0.25, -0.2) is 0 Å². The van der Waals surface area contributed by atoms with Crippen LogP contribution >= 0.6 is 0 Å². The van der Waals surface area contributed by atoms with Gasteiger partial charge >= 0.3 is 5.97 Å². The second-order valence-electron chi connectivity index (χ2n) is 5.19. The second kappa shape index (κ2) is 6.83. The van der Waals surface area contributed by atoms with Gasteiger partial charge in [-0.3, -0.25) is 4.79 Å². The fraction of sp³-hybridized carbons (Fsp3) is 0.917. The smallest absolute Gasteiger partial charge is 0.309 e. The maximum atomic E-state index is 11.5. The molecule has 0 fully saturated rings. The van der Waals surface area contributed by atoms with Crippen LogP contribution in [0.25, 0.3) is 0 Å². The van der Waals surface area contributed by atoms with Crippen LogP contribution in [0.2, 0.25) is 0 Å². The Balaban J connectivity index is 3.64. The molecule has 3 heteroatoms. The zero-order valence-corrected chi connectivity index (χ0v) is 10.7. The molecule has 0 saturated carbocycles. The number of carbonyl (C=O) groups is 1. The van der Waals surface area contributed by atoms with Crippen molar-refractivity contribution in [3.8, 4) is 0 Å². The van der Waals surface area contributed by atoms with E-state index in [9.17, 15) is 4.79 Å². The summed E-state index contributed by atoms with van der Waals surface area (Å²) < 4.78 is 5.20. The highest BCUT2D eigenvalue weighted by atomic mass is 16.5. The molecule has 1 atom stereocenters. The van der Waals surface area contributed by atoms with Gasteiger partial charge in [-0.05, 0) is 18.4 Å². The van der Waals surface area contributed by atoms with Crippen LogP contribution in [-0.2, 0) is 9.53 Å². The molecular formula is C12H25NO2. The molecule has 0 aliphatic heterocycles. The Morgan fingerprint density at radius 1 is 1.40 bits per heavy atom. The Labute approximate surface area is 93.6 Å². The van der Waals surface area contributed by atoms with Gasteiger partial charge in [0.25, 0.3) is 0 Å². The summed E-state index contributed by atoms with van der Waals surface area (Å²) in [6.07, 6.45) is 0.909. The second-order valence-corrected chi connectivity index (χ2v) is 5.19. The van der Waals surface area contributed by atoms with Crippen LogP contribution in [0.3, 0.4) is 0 Å². The molecule has 0 aromatic heterocycles. The number of hydrogen-bond donors (Lipinski definition) is 1. The number of esters is 1. The Kier molecular flexibility index (Phi) is 6.57. The number of ether oxygens (including phenoxy) is 1. The summed E-state index contributed by atoms with van der Waals surface area (Å²) in [5.41, 5.74) is 0.227. The van der Waals surface area contributed by atoms with E-state index in [1.54, 1.807) is 0 Å². The molecule has 0 aliphatic carbocycles. The van der Waals surface area contributed by atoms with Crippen molar-refractivity contribution in [2.45, 2.75) is 41.0 Å². The van der Waals surface area contributed by atoms with Crippen LogP contribution in [0.15, 0.2) is 0 Å². The van der Waals surface area contributed by atoms with E-state index < -0.39 is 0 Å². The molecular weight excluding hydrogens is 190 g/mol. The summed E-state index contributed by atoms with van der Waals surface area (Å²) in [6.45, 7) is 12.5. The monoisotopic (exact) mass is 215 g/mol. The van der Waals surface area contributed by atoms with E-state index in [1.807, 2.05) is 13.8 Å². The summed E-state index contributed by atoms with van der Waals surface area (Å²) in [7, 11) is 0. The highest BCUT2D eigenvalue weighted by Gasteiger charge is 2.15. The van der Waals surface area contributed by atoms with Crippen molar-refractivity contribution in [1.29, 1.82) is 0 Å². The molecule has 0 rings (SSSR count). The largest absolute Gasteiger partial charge is 0.465 e. The summed E-state index contributed by atoms with van der Waals surface area (Å²) in [6, 6.07) is 0. The molecule has 0 spiro atoms. The summed E-state index contributed by atoms with van der Waals surface area (Å²) in [4.78, 5) is 11.5. The highest BCUT2D eigenvalue weighted by molar-refractivity contribution is 5.72. The van der Waals surface area contributed by atoms with Gasteiger partial charge in [0.15, 0.2) is 0 Å². The van der Waals surface area contributed by atoms with Gasteiger partial charge in [0.1, 0.15) is 0 Å². The minimum atomic E-state index is -0.0970. The van der Waals surface area contributed by atoms with E-state index in [2.05, 4.69) is 26.1 Å². The Hall–Kier alpha value is -0.570. The van der Waals surface area contributed by atoms with Crippen LogP contribution < -0.4 is 5.32 Å². The van der Waals surface area contributed by atoms with E-state index in [0.29, 0.717) is 13.2 Å². The van der Waals surface area contributed by atoms with Crippen molar-refractivity contribution >= 4 is 5.97 Å². The van der Waals surface area contributed by atoms with Gasteiger partial charge in [-0.15, -0.1) is 0 Å². The van der Waals surface area contributed by atoms with Crippen LogP contribution in [0.1, 0.15) is 41.0 Å². The fourth-order valence-corrected chi connectivity index (χ4v) is 1.04. The molecule has 0 saturated heterocycles. The Morgan fingerprint density at radius 3 is 2.47 bits per heavy atom. The summed E-state index contributed by atoms with van der Waals surface area (Å²) in [5, 5.41) is 3.13. The first-order chi connectivity index (χ1) is 6.87. The van der Waals surface area contributed by atoms with Crippen molar-refractivity contribution in [2.75, 3.05) is 19.7 Å². The fourth-order valence-electron chi connectivity index (χ4n) is 1.04. The molecule has 1 N–H and O–H groups in total. The molecule has 0 aromatic carbocycles. The third-order valence-electron chi connectivity index (χ3n) is 2.20. The maximum Gasteiger partial charge on any atom is 0.309 e. The topological polar surface area (TPSA) is 38.3 Å². The van der Waals surface area contributed by atoms with Crippen molar-refractivity contribution in [1.82, 2.24) is 5.32 Å². The highest BCUT2D eigenvalue weighted by Crippen LogP contribution is 2.18. The van der Waals surface area contributed by atoms with Gasteiger partial charge in [0.05, 0.1) is 12.5 Å². The predicted molar refractivity (Wildman–Crippen MR) is 62.7 cm³/mol. The van der Waals surface area contributed by atoms with Gasteiger partial charge in [0.2, 0.25) is 0 Å². The van der Waals surface area contributed by atoms with Crippen LogP contribution in [0.5, 0.6) is 0 Å². The van der Waals surface area contributed by atoms with Crippen LogP contribution in [-0.4, -0.2) is 25.7 Å². The van der Waals surface area contributed by atoms with E-state index >= 15 is 0 Å². The minimum Gasteiger partial charge on any atom is -0.465 e. The lowest BCUT2D eigenvalue weighted by Crippen LogP contribution is -2.28. The lowest BCUT2D eigenvalue weighted by Gasteiger charge is -2.18. The lowest BCUT2D eigenvalue weighted by molar-refractivity contribution is -0.148. The van der Waals surface area contributed by atoms with E-state index in [-0.39, 0.29) is 17.3 Å². The average molecular weight is 215 g/mol. The number of rotatable bonds is 6. The summed E-state index contributed by atoms with van der Waals surface area (Å²) >= 11 is 0. The molecule has 15 heavy (non-hydrogen) atoms. The molecule has 0 aliphatic rings. The first-order valence-corrected chi connectivity index (χ1v) is 5.74. The predicted octanol–water partition coefficient (Wildman–Crippen LogP) is 2.21. The molecule has 0 bridgehead atoms. The van der Waals surface area contributed by atoms with Gasteiger partial charge in [-0.2, -0.15) is 0 Å². The summed E-state index contributed by atoms with van der Waals surface area (Å²) in [5.74, 6) is -0.148. The quantitative estimate of drug-likeness (QED) is 0.690. The minimum absolute atomic E-state index is 0.0510. The zero-order valence-electron chi connectivity index (χ0n) is 10.7. The van der Waals surface area contributed by atoms with E-state index in [4.69, 9.17) is 4.74 Å². The standard InChI is InChI=1S/C12H25NO2/c1-6-13-9-10(2)11(14)15-8-7-12(3,4)5/h10,13H,6-9H2,1-5H3. The van der Waals surface area contributed by atoms with E-state index in [0.717, 1.165) is 13.0 Å². The first kappa shape index (κ1) is 14.4. The number of hydrogen-bond acceptors (Lipinski definition) is 3. The lowest BCUT2D eigenvalue weighted by atomic mass is 9.93. The van der Waals surface area contributed by atoms with Gasteiger partial charge in [0, 0.05) is 6.54 Å². The van der Waals surface area contributed by atoms with Crippen molar-refractivity contribution in [3.05, 3.63) is 0 Å². The molecule has 3 nitrogen and oxygen atoms in total. The SMILES string of the molecule is CCNCC(C)C(=O)OCCC(C)(C)C. The first-order valence-electron chi connectivity index (χ1n) is 5.74. The average Bonchev–Trinajstić information content (AvgIpc) is 2.11. The number of nitrogens with one attached hydrogen (secondary N) is 1. The zero-order chi connectivity index (χ0) is 11.9. The van der Waals surface area contributed by atoms with Gasteiger partial charge in [-0.1, -0.05) is 34.6 Å². The Bertz CT molecular complexity index is 185. The molecule has 1 unspecified atom stereocenters. The molecule has 0 heterocycles. The normalized spacial score (nSPS) is 13.7. The molecule has 0 aromatic rings. The van der Waals surface area contributed by atoms with Crippen molar-refractivity contribution in [3.63, 3.8) is 0 Å². The van der Waals surface area contributed by atoms with Crippen LogP contribution in [0, 0.1) is 11.3 Å². The van der Waals surface area contributed by atoms with Gasteiger partial charge < -0.3 is 10.1 Å². The van der Waals surface area contributed by atoms with Crippen LogP contribution in [0.4, 0.5) is 0 Å². The maximum absolute atomic E-state index is 11.5.